The van der Waals surface area contributed by atoms with Crippen molar-refractivity contribution in [2.24, 2.45) is 11.8 Å². The van der Waals surface area contributed by atoms with E-state index < -0.39 is 0 Å². The van der Waals surface area contributed by atoms with Crippen LogP contribution in [0.3, 0.4) is 0 Å². The highest BCUT2D eigenvalue weighted by Crippen LogP contribution is 2.50. The van der Waals surface area contributed by atoms with E-state index in [1.165, 1.54) is 116 Å². The van der Waals surface area contributed by atoms with Crippen molar-refractivity contribution in [3.63, 3.8) is 0 Å². The predicted octanol–water partition coefficient (Wildman–Crippen LogP) is 19.1. The van der Waals surface area contributed by atoms with E-state index in [9.17, 15) is 0 Å². The molecule has 0 bridgehead atoms. The molecule has 4 heteroatoms. The summed E-state index contributed by atoms with van der Waals surface area (Å²) in [6.45, 7) is 18.3. The lowest BCUT2D eigenvalue weighted by Crippen LogP contribution is -2.19. The Morgan fingerprint density at radius 1 is 0.414 bits per heavy atom. The molecule has 344 valence electrons. The topological polar surface area (TPSA) is 15.3 Å². The molecular formula is C66H60N4. The normalized spacial score (nSPS) is 14.6. The second-order valence-corrected chi connectivity index (χ2v) is 21.3. The zero-order valence-electron chi connectivity index (χ0n) is 41.6. The van der Waals surface area contributed by atoms with Crippen LogP contribution in [0.1, 0.15) is 96.3 Å². The molecule has 0 fully saturated rings. The van der Waals surface area contributed by atoms with Crippen molar-refractivity contribution >= 4 is 105 Å². The summed E-state index contributed by atoms with van der Waals surface area (Å²) >= 11 is 0. The van der Waals surface area contributed by atoms with Crippen LogP contribution in [-0.4, -0.2) is 8.80 Å². The maximum absolute atomic E-state index is 2.57. The van der Waals surface area contributed by atoms with Crippen LogP contribution in [0.5, 0.6) is 0 Å². The predicted molar refractivity (Wildman–Crippen MR) is 301 cm³/mol. The van der Waals surface area contributed by atoms with Gasteiger partial charge in [-0.05, 0) is 132 Å². The molecule has 4 aromatic heterocycles. The van der Waals surface area contributed by atoms with Gasteiger partial charge in [0.1, 0.15) is 0 Å². The highest BCUT2D eigenvalue weighted by Gasteiger charge is 2.28. The van der Waals surface area contributed by atoms with Gasteiger partial charge in [-0.3, -0.25) is 0 Å². The molecule has 0 aliphatic heterocycles. The molecule has 0 saturated carbocycles. The molecule has 0 amide bonds. The summed E-state index contributed by atoms with van der Waals surface area (Å²) in [6, 6.07) is 60.4. The quantitative estimate of drug-likeness (QED) is 0.136. The van der Waals surface area contributed by atoms with Crippen molar-refractivity contribution in [1.82, 2.24) is 8.80 Å². The average Bonchev–Trinajstić information content (AvgIpc) is 4.11. The van der Waals surface area contributed by atoms with Gasteiger partial charge in [0.05, 0.1) is 44.5 Å². The van der Waals surface area contributed by atoms with Crippen LogP contribution < -0.4 is 9.80 Å². The smallest absolute Gasteiger partial charge is 0.0621 e. The van der Waals surface area contributed by atoms with Crippen molar-refractivity contribution < 1.29 is 0 Å². The summed E-state index contributed by atoms with van der Waals surface area (Å²) in [5.74, 6) is 2.53. The van der Waals surface area contributed by atoms with E-state index >= 15 is 0 Å². The standard InChI is InChI=1S/C66H60N4/c1-39(2)43-21-29-47(30-22-43)67(48-31-23-44(24-32-48)40(3)4)57-17-11-19-59-63(57)53-15-9-13-51-55-38-62-56(37-61(55)69(59)65(51)53)52-14-10-16-54-64-58(18-12-20-60(64)70(62)66(52)54)68(49-33-25-45(26-34-49)41(5)6)50-35-27-46(28-36-50)42(7)8/h9-27,29-42,46H,28H2,1-8H3. The van der Waals surface area contributed by atoms with Gasteiger partial charge >= 0.3 is 0 Å². The molecule has 0 saturated heterocycles. The van der Waals surface area contributed by atoms with Crippen molar-refractivity contribution in [2.45, 2.75) is 79.6 Å². The molecule has 1 aliphatic carbocycles. The Hall–Kier alpha value is -7.56. The lowest BCUT2D eigenvalue weighted by Gasteiger charge is -2.30. The molecule has 0 radical (unpaired) electrons. The number of hydrogen-bond donors (Lipinski definition) is 0. The molecule has 13 rings (SSSR count). The van der Waals surface area contributed by atoms with Gasteiger partial charge in [-0.25, -0.2) is 0 Å². The first kappa shape index (κ1) is 42.5. The second-order valence-electron chi connectivity index (χ2n) is 21.3. The summed E-state index contributed by atoms with van der Waals surface area (Å²) in [5.41, 5.74) is 18.7. The van der Waals surface area contributed by atoms with Crippen molar-refractivity contribution in [3.8, 4) is 0 Å². The lowest BCUT2D eigenvalue weighted by molar-refractivity contribution is 0.466. The zero-order valence-corrected chi connectivity index (χ0v) is 41.6. The Morgan fingerprint density at radius 2 is 0.814 bits per heavy atom. The third-order valence-corrected chi connectivity index (χ3v) is 15.9. The number of rotatable bonds is 10. The molecule has 1 atom stereocenters. The van der Waals surface area contributed by atoms with E-state index in [4.69, 9.17) is 0 Å². The van der Waals surface area contributed by atoms with Crippen molar-refractivity contribution in [1.29, 1.82) is 0 Å². The van der Waals surface area contributed by atoms with Gasteiger partial charge in [-0.15, -0.1) is 0 Å². The Bertz CT molecular complexity index is 3970. The minimum Gasteiger partial charge on any atom is -0.310 e. The summed E-state index contributed by atoms with van der Waals surface area (Å²) in [7, 11) is 0. The van der Waals surface area contributed by atoms with Crippen LogP contribution in [0.2, 0.25) is 0 Å². The van der Waals surface area contributed by atoms with E-state index in [0.29, 0.717) is 29.6 Å². The Balaban J connectivity index is 1.03. The molecule has 70 heavy (non-hydrogen) atoms. The molecule has 1 unspecified atom stereocenters. The molecule has 0 N–H and O–H groups in total. The zero-order chi connectivity index (χ0) is 47.7. The molecule has 4 heterocycles. The van der Waals surface area contributed by atoms with Gasteiger partial charge in [0.2, 0.25) is 0 Å². The van der Waals surface area contributed by atoms with Crippen LogP contribution >= 0.6 is 0 Å². The van der Waals surface area contributed by atoms with Crippen LogP contribution in [0.25, 0.3) is 76.2 Å². The fourth-order valence-electron chi connectivity index (χ4n) is 12.0. The van der Waals surface area contributed by atoms with Crippen LogP contribution in [0.15, 0.2) is 182 Å². The van der Waals surface area contributed by atoms with Crippen molar-refractivity contribution in [2.75, 3.05) is 9.80 Å². The summed E-state index contributed by atoms with van der Waals surface area (Å²) in [4.78, 5) is 4.98. The Morgan fingerprint density at radius 3 is 1.21 bits per heavy atom. The van der Waals surface area contributed by atoms with Crippen LogP contribution in [0.4, 0.5) is 28.4 Å². The molecule has 1 aliphatic rings. The summed E-state index contributed by atoms with van der Waals surface area (Å²) < 4.78 is 5.12. The number of benzene rings is 8. The van der Waals surface area contributed by atoms with Gasteiger partial charge < -0.3 is 18.6 Å². The highest BCUT2D eigenvalue weighted by molar-refractivity contribution is 6.31. The maximum atomic E-state index is 2.57. The Labute approximate surface area is 411 Å². The molecular weight excluding hydrogens is 849 g/mol. The van der Waals surface area contributed by atoms with Gasteiger partial charge in [-0.2, -0.15) is 0 Å². The average molecular weight is 909 g/mol. The van der Waals surface area contributed by atoms with Crippen LogP contribution in [-0.2, 0) is 0 Å². The molecule has 12 aromatic rings. The molecule has 0 spiro atoms. The summed E-state index contributed by atoms with van der Waals surface area (Å²) in [5, 5.41) is 10.2. The number of allylic oxidation sites excluding steroid dienone is 3. The highest BCUT2D eigenvalue weighted by atomic mass is 15.2. The van der Waals surface area contributed by atoms with E-state index in [1.54, 1.807) is 0 Å². The van der Waals surface area contributed by atoms with Crippen molar-refractivity contribution in [3.05, 3.63) is 198 Å². The number of para-hydroxylation sites is 2. The number of fused-ring (bicyclic) bond motifs is 12. The number of hydrogen-bond acceptors (Lipinski definition) is 2. The number of nitrogens with zero attached hydrogens (tertiary/aromatic N) is 4. The number of aromatic nitrogens is 2. The molecule has 4 nitrogen and oxygen atoms in total. The molecule has 8 aromatic carbocycles. The summed E-state index contributed by atoms with van der Waals surface area (Å²) in [6.07, 6.45) is 8.30. The minimum absolute atomic E-state index is 0.460. The van der Waals surface area contributed by atoms with E-state index in [2.05, 4.69) is 250 Å². The van der Waals surface area contributed by atoms with Crippen LogP contribution in [0, 0.1) is 11.8 Å². The fraction of sp³-hybridized carbons (Fsp3) is 0.212. The minimum atomic E-state index is 0.460. The lowest BCUT2D eigenvalue weighted by atomic mass is 9.88. The monoisotopic (exact) mass is 908 g/mol. The second kappa shape index (κ2) is 16.0. The first-order valence-corrected chi connectivity index (χ1v) is 25.7. The van der Waals surface area contributed by atoms with Gasteiger partial charge in [0.25, 0.3) is 0 Å². The fourth-order valence-corrected chi connectivity index (χ4v) is 12.0. The van der Waals surface area contributed by atoms with E-state index in [0.717, 1.165) is 17.8 Å². The Kier molecular flexibility index (Phi) is 9.72. The third-order valence-electron chi connectivity index (χ3n) is 15.9. The largest absolute Gasteiger partial charge is 0.310 e. The SMILES string of the molecule is CC(C)c1ccc(N(C2=CCC(C(C)C)C=C2)c2cccc3c2c2cccc4c5cc6c(cc5n3c42)c2cccc3c4c(N(c5ccc(C(C)C)cc5)c5ccc(C(C)C)cc5)cccc4n6c23)cc1. The van der Waals surface area contributed by atoms with E-state index in [-0.39, 0.29) is 0 Å². The van der Waals surface area contributed by atoms with Gasteiger partial charge in [-0.1, -0.05) is 152 Å². The first-order chi connectivity index (χ1) is 34.0. The maximum Gasteiger partial charge on any atom is 0.0621 e. The van der Waals surface area contributed by atoms with Gasteiger partial charge in [0, 0.05) is 65.8 Å². The van der Waals surface area contributed by atoms with Gasteiger partial charge in [0.15, 0.2) is 0 Å². The van der Waals surface area contributed by atoms with E-state index in [1.807, 2.05) is 0 Å². The first-order valence-electron chi connectivity index (χ1n) is 25.7. The third kappa shape index (κ3) is 6.28. The number of anilines is 5.